The van der Waals surface area contributed by atoms with Gasteiger partial charge in [-0.25, -0.2) is 8.78 Å². The third-order valence-electron chi connectivity index (χ3n) is 3.21. The molecule has 0 amide bonds. The first-order valence-corrected chi connectivity index (χ1v) is 5.53. The zero-order valence-corrected chi connectivity index (χ0v) is 9.32. The molecular formula is C12H13ClF2. The molecule has 1 aliphatic carbocycles. The van der Waals surface area contributed by atoms with Crippen molar-refractivity contribution in [2.75, 3.05) is 0 Å². The number of benzene rings is 1. The first-order valence-electron chi connectivity index (χ1n) is 5.09. The molecule has 0 spiro atoms. The van der Waals surface area contributed by atoms with E-state index in [1.54, 1.807) is 0 Å². The van der Waals surface area contributed by atoms with Gasteiger partial charge in [-0.15, -0.1) is 11.6 Å². The highest BCUT2D eigenvalue weighted by Crippen LogP contribution is 2.51. The Morgan fingerprint density at radius 2 is 2.07 bits per heavy atom. The van der Waals surface area contributed by atoms with E-state index in [4.69, 9.17) is 11.6 Å². The fourth-order valence-corrected chi connectivity index (χ4v) is 2.02. The van der Waals surface area contributed by atoms with Gasteiger partial charge in [0.15, 0.2) is 0 Å². The minimum absolute atomic E-state index is 0.0579. The van der Waals surface area contributed by atoms with Crippen LogP contribution in [0.5, 0.6) is 0 Å². The van der Waals surface area contributed by atoms with Crippen LogP contribution in [0.1, 0.15) is 25.3 Å². The molecule has 0 aromatic heterocycles. The van der Waals surface area contributed by atoms with Crippen LogP contribution in [0.4, 0.5) is 8.78 Å². The van der Waals surface area contributed by atoms with Gasteiger partial charge in [0.2, 0.25) is 0 Å². The summed E-state index contributed by atoms with van der Waals surface area (Å²) in [5.74, 6) is -1.04. The molecule has 0 N–H and O–H groups in total. The Labute approximate surface area is 93.2 Å². The molecule has 0 heterocycles. The molecule has 1 aliphatic rings. The smallest absolute Gasteiger partial charge is 0.129 e. The summed E-state index contributed by atoms with van der Waals surface area (Å²) in [5, 5.41) is -0.0579. The minimum Gasteiger partial charge on any atom is -0.207 e. The maximum absolute atomic E-state index is 13.3. The van der Waals surface area contributed by atoms with Crippen LogP contribution in [-0.2, 0) is 6.42 Å². The Bertz CT molecular complexity index is 372. The fraction of sp³-hybridized carbons (Fsp3) is 0.500. The number of hydrogen-bond acceptors (Lipinski definition) is 0. The SMILES string of the molecule is CC1(C(Cl)Cc2ccc(F)cc2F)CC1. The monoisotopic (exact) mass is 230 g/mol. The predicted octanol–water partition coefficient (Wildman–Crippen LogP) is 3.91. The van der Waals surface area contributed by atoms with Gasteiger partial charge in [0, 0.05) is 11.4 Å². The second-order valence-electron chi connectivity index (χ2n) is 4.56. The van der Waals surface area contributed by atoms with Gasteiger partial charge >= 0.3 is 0 Å². The number of halogens is 3. The Balaban J connectivity index is 2.10. The van der Waals surface area contributed by atoms with E-state index in [1.807, 2.05) is 0 Å². The van der Waals surface area contributed by atoms with Crippen LogP contribution in [0, 0.1) is 17.0 Å². The molecule has 0 aliphatic heterocycles. The fourth-order valence-electron chi connectivity index (χ4n) is 1.64. The molecule has 1 fully saturated rings. The van der Waals surface area contributed by atoms with E-state index in [-0.39, 0.29) is 10.8 Å². The van der Waals surface area contributed by atoms with Gasteiger partial charge in [-0.2, -0.15) is 0 Å². The van der Waals surface area contributed by atoms with Crippen molar-refractivity contribution < 1.29 is 8.78 Å². The van der Waals surface area contributed by atoms with Crippen molar-refractivity contribution >= 4 is 11.6 Å². The van der Waals surface area contributed by atoms with E-state index in [0.717, 1.165) is 18.9 Å². The molecule has 1 atom stereocenters. The maximum atomic E-state index is 13.3. The van der Waals surface area contributed by atoms with Crippen molar-refractivity contribution in [3.8, 4) is 0 Å². The van der Waals surface area contributed by atoms with E-state index in [9.17, 15) is 8.78 Å². The summed E-state index contributed by atoms with van der Waals surface area (Å²) in [7, 11) is 0. The van der Waals surface area contributed by atoms with Crippen molar-refractivity contribution in [3.63, 3.8) is 0 Å². The highest BCUT2D eigenvalue weighted by atomic mass is 35.5. The van der Waals surface area contributed by atoms with Crippen molar-refractivity contribution in [2.24, 2.45) is 5.41 Å². The van der Waals surface area contributed by atoms with Crippen molar-refractivity contribution in [1.29, 1.82) is 0 Å². The number of rotatable bonds is 3. The second-order valence-corrected chi connectivity index (χ2v) is 5.09. The van der Waals surface area contributed by atoms with Gasteiger partial charge in [0.1, 0.15) is 11.6 Å². The van der Waals surface area contributed by atoms with Crippen molar-refractivity contribution in [3.05, 3.63) is 35.4 Å². The van der Waals surface area contributed by atoms with Crippen LogP contribution in [0.15, 0.2) is 18.2 Å². The Hall–Kier alpha value is -0.630. The van der Waals surface area contributed by atoms with Gasteiger partial charge in [-0.05, 0) is 36.3 Å². The van der Waals surface area contributed by atoms with Crippen LogP contribution in [0.3, 0.4) is 0 Å². The quantitative estimate of drug-likeness (QED) is 0.691. The van der Waals surface area contributed by atoms with E-state index in [0.29, 0.717) is 12.0 Å². The molecule has 0 radical (unpaired) electrons. The van der Waals surface area contributed by atoms with E-state index < -0.39 is 11.6 Å². The summed E-state index contributed by atoms with van der Waals surface area (Å²) < 4.78 is 26.0. The van der Waals surface area contributed by atoms with Gasteiger partial charge in [0.25, 0.3) is 0 Å². The number of alkyl halides is 1. The first-order chi connectivity index (χ1) is 7.01. The van der Waals surface area contributed by atoms with E-state index in [2.05, 4.69) is 6.92 Å². The maximum Gasteiger partial charge on any atom is 0.129 e. The zero-order valence-electron chi connectivity index (χ0n) is 8.56. The van der Waals surface area contributed by atoms with Crippen molar-refractivity contribution in [1.82, 2.24) is 0 Å². The lowest BCUT2D eigenvalue weighted by Crippen LogP contribution is -2.16. The Morgan fingerprint density at radius 3 is 2.60 bits per heavy atom. The van der Waals surface area contributed by atoms with Gasteiger partial charge in [0.05, 0.1) is 0 Å². The molecule has 82 valence electrons. The largest absolute Gasteiger partial charge is 0.207 e. The van der Waals surface area contributed by atoms with E-state index in [1.165, 1.54) is 12.1 Å². The minimum atomic E-state index is -0.542. The van der Waals surface area contributed by atoms with Crippen LogP contribution < -0.4 is 0 Å². The molecule has 1 aromatic carbocycles. The van der Waals surface area contributed by atoms with Crippen LogP contribution in [-0.4, -0.2) is 5.38 Å². The average molecular weight is 231 g/mol. The molecule has 1 aromatic rings. The lowest BCUT2D eigenvalue weighted by molar-refractivity contribution is 0.511. The molecule has 0 nitrogen and oxygen atoms in total. The summed E-state index contributed by atoms with van der Waals surface area (Å²) >= 11 is 6.21. The molecule has 2 rings (SSSR count). The predicted molar refractivity (Wildman–Crippen MR) is 57.0 cm³/mol. The van der Waals surface area contributed by atoms with Crippen LogP contribution in [0.25, 0.3) is 0 Å². The summed E-state index contributed by atoms with van der Waals surface area (Å²) in [4.78, 5) is 0. The molecule has 15 heavy (non-hydrogen) atoms. The Kier molecular flexibility index (Phi) is 2.72. The van der Waals surface area contributed by atoms with E-state index >= 15 is 0 Å². The Morgan fingerprint density at radius 1 is 1.40 bits per heavy atom. The molecule has 1 saturated carbocycles. The normalized spacial score (nSPS) is 20.0. The topological polar surface area (TPSA) is 0 Å². The average Bonchev–Trinajstić information content (AvgIpc) is 2.90. The second kappa shape index (κ2) is 3.75. The van der Waals surface area contributed by atoms with Gasteiger partial charge in [-0.1, -0.05) is 13.0 Å². The summed E-state index contributed by atoms with van der Waals surface area (Å²) in [6.45, 7) is 2.10. The first kappa shape index (κ1) is 10.9. The highest BCUT2D eigenvalue weighted by Gasteiger charge is 2.43. The molecule has 0 bridgehead atoms. The lowest BCUT2D eigenvalue weighted by Gasteiger charge is -2.16. The van der Waals surface area contributed by atoms with Crippen LogP contribution in [0.2, 0.25) is 0 Å². The number of hydrogen-bond donors (Lipinski definition) is 0. The van der Waals surface area contributed by atoms with Gasteiger partial charge in [-0.3, -0.25) is 0 Å². The summed E-state index contributed by atoms with van der Waals surface area (Å²) in [6, 6.07) is 3.66. The van der Waals surface area contributed by atoms with Crippen LogP contribution >= 0.6 is 11.6 Å². The third kappa shape index (κ3) is 2.31. The zero-order chi connectivity index (χ0) is 11.1. The lowest BCUT2D eigenvalue weighted by atomic mass is 9.98. The highest BCUT2D eigenvalue weighted by molar-refractivity contribution is 6.21. The summed E-state index contributed by atoms with van der Waals surface area (Å²) in [6.07, 6.45) is 2.68. The molecule has 1 unspecified atom stereocenters. The molecule has 3 heteroatoms. The van der Waals surface area contributed by atoms with Crippen molar-refractivity contribution in [2.45, 2.75) is 31.6 Å². The standard InChI is InChI=1S/C12H13ClF2/c1-12(4-5-12)11(13)6-8-2-3-9(14)7-10(8)15/h2-3,7,11H,4-6H2,1H3. The van der Waals surface area contributed by atoms with Gasteiger partial charge < -0.3 is 0 Å². The summed E-state index contributed by atoms with van der Waals surface area (Å²) in [5.41, 5.74) is 0.659. The molecular weight excluding hydrogens is 218 g/mol. The third-order valence-corrected chi connectivity index (χ3v) is 3.89. The molecule has 0 saturated heterocycles.